The zero-order valence-corrected chi connectivity index (χ0v) is 12.4. The molecule has 1 heterocycles. The molecule has 0 fully saturated rings. The van der Waals surface area contributed by atoms with Crippen molar-refractivity contribution in [2.75, 3.05) is 13.2 Å². The molecule has 0 saturated heterocycles. The molecule has 0 radical (unpaired) electrons. The van der Waals surface area contributed by atoms with Crippen molar-refractivity contribution < 1.29 is 19.4 Å². The number of aliphatic hydroxyl groups excluding tert-OH is 1. The van der Waals surface area contributed by atoms with Gasteiger partial charge in [-0.3, -0.25) is 14.5 Å². The van der Waals surface area contributed by atoms with Crippen molar-refractivity contribution in [2.45, 2.75) is 20.8 Å². The quantitative estimate of drug-likeness (QED) is 0.845. The lowest BCUT2D eigenvalue weighted by atomic mass is 10.1. The van der Waals surface area contributed by atoms with Crippen molar-refractivity contribution in [3.8, 4) is 5.75 Å². The van der Waals surface area contributed by atoms with E-state index in [0.29, 0.717) is 24.5 Å². The summed E-state index contributed by atoms with van der Waals surface area (Å²) in [6.07, 6.45) is 0. The molecule has 0 bridgehead atoms. The van der Waals surface area contributed by atoms with Crippen LogP contribution >= 0.6 is 0 Å². The van der Waals surface area contributed by atoms with Crippen LogP contribution in [0.15, 0.2) is 30.0 Å². The van der Waals surface area contributed by atoms with Gasteiger partial charge in [-0.15, -0.1) is 0 Å². The van der Waals surface area contributed by atoms with Crippen LogP contribution in [-0.4, -0.2) is 35.0 Å². The van der Waals surface area contributed by atoms with Gasteiger partial charge in [-0.2, -0.15) is 0 Å². The van der Waals surface area contributed by atoms with Crippen LogP contribution in [0.5, 0.6) is 5.75 Å². The molecule has 112 valence electrons. The van der Waals surface area contributed by atoms with Crippen molar-refractivity contribution >= 4 is 17.4 Å². The lowest BCUT2D eigenvalue weighted by Gasteiger charge is -2.16. The number of imide groups is 1. The van der Waals surface area contributed by atoms with Crippen LogP contribution in [0.3, 0.4) is 0 Å². The summed E-state index contributed by atoms with van der Waals surface area (Å²) >= 11 is 0. The van der Waals surface area contributed by atoms with Gasteiger partial charge in [0.1, 0.15) is 5.75 Å². The summed E-state index contributed by atoms with van der Waals surface area (Å²) in [5.41, 5.74) is 0.573. The van der Waals surface area contributed by atoms with Gasteiger partial charge in [0.25, 0.3) is 11.8 Å². The molecule has 0 aliphatic carbocycles. The number of amides is 2. The van der Waals surface area contributed by atoms with Crippen LogP contribution < -0.4 is 4.74 Å². The molecule has 1 N–H and O–H groups in total. The third-order valence-corrected chi connectivity index (χ3v) is 3.15. The predicted octanol–water partition coefficient (Wildman–Crippen LogP) is 2.38. The zero-order chi connectivity index (χ0) is 15.6. The molecule has 1 aliphatic rings. The minimum absolute atomic E-state index is 0.0590. The molecule has 1 aliphatic heterocycles. The van der Waals surface area contributed by atoms with Crippen LogP contribution in [-0.2, 0) is 9.59 Å². The third-order valence-electron chi connectivity index (χ3n) is 3.15. The summed E-state index contributed by atoms with van der Waals surface area (Å²) in [5.74, 6) is -0.736. The van der Waals surface area contributed by atoms with Crippen LogP contribution in [0.2, 0.25) is 0 Å². The van der Waals surface area contributed by atoms with E-state index in [1.807, 2.05) is 20.8 Å². The third kappa shape index (κ3) is 2.91. The topological polar surface area (TPSA) is 66.8 Å². The van der Waals surface area contributed by atoms with Gasteiger partial charge in [-0.05, 0) is 30.5 Å². The summed E-state index contributed by atoms with van der Waals surface area (Å²) < 4.78 is 5.33. The Morgan fingerprint density at radius 1 is 1.14 bits per heavy atom. The average Bonchev–Trinajstić information content (AvgIpc) is 2.64. The summed E-state index contributed by atoms with van der Waals surface area (Å²) in [4.78, 5) is 25.4. The molecule has 0 unspecified atom stereocenters. The second kappa shape index (κ2) is 5.99. The molecule has 2 rings (SSSR count). The highest BCUT2D eigenvalue weighted by Gasteiger charge is 2.39. The van der Waals surface area contributed by atoms with Crippen LogP contribution in [0.4, 0.5) is 0 Å². The fourth-order valence-electron chi connectivity index (χ4n) is 2.24. The SMILES string of the molecule is CCOc1ccc(C2=C(O)C(=O)N(CC(C)C)C2=O)cc1. The largest absolute Gasteiger partial charge is 0.502 e. The summed E-state index contributed by atoms with van der Waals surface area (Å²) in [6, 6.07) is 6.76. The fraction of sp³-hybridized carbons (Fsp3) is 0.375. The number of nitrogens with zero attached hydrogens (tertiary/aromatic N) is 1. The summed E-state index contributed by atoms with van der Waals surface area (Å²) in [7, 11) is 0. The van der Waals surface area contributed by atoms with Crippen molar-refractivity contribution in [3.05, 3.63) is 35.6 Å². The maximum absolute atomic E-state index is 12.3. The van der Waals surface area contributed by atoms with Crippen molar-refractivity contribution in [1.82, 2.24) is 4.90 Å². The van der Waals surface area contributed by atoms with E-state index in [1.165, 1.54) is 0 Å². The second-order valence-electron chi connectivity index (χ2n) is 5.30. The second-order valence-corrected chi connectivity index (χ2v) is 5.30. The Hall–Kier alpha value is -2.30. The Labute approximate surface area is 123 Å². The van der Waals surface area contributed by atoms with Crippen molar-refractivity contribution in [3.63, 3.8) is 0 Å². The van der Waals surface area contributed by atoms with Gasteiger partial charge in [0, 0.05) is 6.54 Å². The van der Waals surface area contributed by atoms with E-state index < -0.39 is 17.6 Å². The lowest BCUT2D eigenvalue weighted by Crippen LogP contribution is -2.34. The van der Waals surface area contributed by atoms with E-state index in [4.69, 9.17) is 4.74 Å². The first-order valence-electron chi connectivity index (χ1n) is 6.98. The Bertz CT molecular complexity index is 587. The first-order chi connectivity index (χ1) is 9.95. The molecule has 5 heteroatoms. The lowest BCUT2D eigenvalue weighted by molar-refractivity contribution is -0.138. The molecule has 2 amide bonds. The normalized spacial score (nSPS) is 15.3. The van der Waals surface area contributed by atoms with E-state index in [1.54, 1.807) is 24.3 Å². The van der Waals surface area contributed by atoms with E-state index in [0.717, 1.165) is 4.90 Å². The van der Waals surface area contributed by atoms with Crippen LogP contribution in [0, 0.1) is 5.92 Å². The van der Waals surface area contributed by atoms with Crippen molar-refractivity contribution in [2.24, 2.45) is 5.92 Å². The Morgan fingerprint density at radius 2 is 1.76 bits per heavy atom. The van der Waals surface area contributed by atoms with Gasteiger partial charge in [-0.25, -0.2) is 0 Å². The Kier molecular flexibility index (Phi) is 4.31. The number of hydrogen-bond acceptors (Lipinski definition) is 4. The van der Waals surface area contributed by atoms with Crippen LogP contribution in [0.1, 0.15) is 26.3 Å². The number of hydrogen-bond donors (Lipinski definition) is 1. The number of aliphatic hydroxyl groups is 1. The number of rotatable bonds is 5. The van der Waals surface area contributed by atoms with Gasteiger partial charge >= 0.3 is 0 Å². The molecular formula is C16H19NO4. The standard InChI is InChI=1S/C16H19NO4/c1-4-21-12-7-5-11(6-8-12)13-14(18)16(20)17(15(13)19)9-10(2)3/h5-8,10,18H,4,9H2,1-3H3. The molecule has 1 aromatic rings. The highest BCUT2D eigenvalue weighted by atomic mass is 16.5. The fourth-order valence-corrected chi connectivity index (χ4v) is 2.24. The maximum Gasteiger partial charge on any atom is 0.296 e. The average molecular weight is 289 g/mol. The van der Waals surface area contributed by atoms with E-state index in [-0.39, 0.29) is 11.5 Å². The van der Waals surface area contributed by atoms with E-state index in [9.17, 15) is 14.7 Å². The predicted molar refractivity (Wildman–Crippen MR) is 78.7 cm³/mol. The number of carbonyl (C=O) groups is 2. The first-order valence-corrected chi connectivity index (χ1v) is 6.98. The number of ether oxygens (including phenoxy) is 1. The molecule has 0 atom stereocenters. The summed E-state index contributed by atoms with van der Waals surface area (Å²) in [5, 5.41) is 9.97. The molecule has 5 nitrogen and oxygen atoms in total. The van der Waals surface area contributed by atoms with E-state index in [2.05, 4.69) is 0 Å². The Balaban J connectivity index is 2.30. The highest BCUT2D eigenvalue weighted by molar-refractivity contribution is 6.34. The monoisotopic (exact) mass is 289 g/mol. The minimum Gasteiger partial charge on any atom is -0.502 e. The molecule has 0 saturated carbocycles. The zero-order valence-electron chi connectivity index (χ0n) is 12.4. The van der Waals surface area contributed by atoms with Crippen LogP contribution in [0.25, 0.3) is 5.57 Å². The molecule has 0 aromatic heterocycles. The van der Waals surface area contributed by atoms with Gasteiger partial charge in [0.05, 0.1) is 12.2 Å². The highest BCUT2D eigenvalue weighted by Crippen LogP contribution is 2.29. The molecule has 1 aromatic carbocycles. The van der Waals surface area contributed by atoms with Gasteiger partial charge in [0.2, 0.25) is 0 Å². The Morgan fingerprint density at radius 3 is 2.29 bits per heavy atom. The first kappa shape index (κ1) is 15.1. The molecular weight excluding hydrogens is 270 g/mol. The van der Waals surface area contributed by atoms with E-state index >= 15 is 0 Å². The van der Waals surface area contributed by atoms with Crippen molar-refractivity contribution in [1.29, 1.82) is 0 Å². The molecule has 0 spiro atoms. The van der Waals surface area contributed by atoms with Gasteiger partial charge in [0.15, 0.2) is 5.76 Å². The van der Waals surface area contributed by atoms with Gasteiger partial charge in [-0.1, -0.05) is 26.0 Å². The summed E-state index contributed by atoms with van der Waals surface area (Å²) in [6.45, 7) is 6.54. The maximum atomic E-state index is 12.3. The number of carbonyl (C=O) groups excluding carboxylic acids is 2. The number of benzene rings is 1. The smallest absolute Gasteiger partial charge is 0.296 e. The molecule has 21 heavy (non-hydrogen) atoms. The minimum atomic E-state index is -0.627. The van der Waals surface area contributed by atoms with Gasteiger partial charge < -0.3 is 9.84 Å².